The highest BCUT2D eigenvalue weighted by Gasteiger charge is 2.42. The number of carbonyl (C=O) groups is 2. The third kappa shape index (κ3) is 26.5. The molecule has 0 unspecified atom stereocenters. The molecule has 3 aliphatic carbocycles. The van der Waals surface area contributed by atoms with Crippen molar-refractivity contribution in [1.82, 2.24) is 14.7 Å². The molecular weight excluding hydrogens is 1500 g/mol. The van der Waals surface area contributed by atoms with Crippen molar-refractivity contribution in [3.05, 3.63) is 272 Å². The van der Waals surface area contributed by atoms with Gasteiger partial charge in [0.1, 0.15) is 0 Å². The molecule has 3 saturated heterocycles. The first-order valence-corrected chi connectivity index (χ1v) is 43.1. The van der Waals surface area contributed by atoms with E-state index in [2.05, 4.69) is 41.3 Å². The van der Waals surface area contributed by atoms with Gasteiger partial charge >= 0.3 is 0 Å². The molecule has 0 aromatic heterocycles. The minimum atomic E-state index is -0.774. The van der Waals surface area contributed by atoms with Crippen molar-refractivity contribution < 1.29 is 43.4 Å². The molecular formula is C91H110BCl4N3O9S2. The van der Waals surface area contributed by atoms with Crippen LogP contribution in [-0.2, 0) is 25.1 Å². The minimum absolute atomic E-state index is 0.0751. The Kier molecular flexibility index (Phi) is 35.0. The summed E-state index contributed by atoms with van der Waals surface area (Å²) in [5.74, 6) is 3.36. The molecule has 2 amide bonds. The fraction of sp³-hybridized carbons (Fsp3) is 0.451. The first kappa shape index (κ1) is 86.4. The second-order valence-corrected chi connectivity index (χ2v) is 33.7. The normalized spacial score (nSPS) is 20.2. The number of hydrogen-bond acceptors (Lipinski definition) is 12. The van der Waals surface area contributed by atoms with Crippen LogP contribution in [0.4, 0.5) is 0 Å². The highest BCUT2D eigenvalue weighted by Crippen LogP contribution is 2.44. The number of amides is 2. The molecule has 8 aromatic rings. The average Bonchev–Trinajstić information content (AvgIpc) is 0.780. The van der Waals surface area contributed by atoms with Crippen molar-refractivity contribution in [2.45, 2.75) is 200 Å². The third-order valence-electron chi connectivity index (χ3n) is 22.8. The van der Waals surface area contributed by atoms with Crippen LogP contribution < -0.4 is 9.78 Å². The first-order chi connectivity index (χ1) is 53.5. The van der Waals surface area contributed by atoms with E-state index in [1.54, 1.807) is 5.56 Å². The summed E-state index contributed by atoms with van der Waals surface area (Å²) in [5, 5.41) is 33.8. The van der Waals surface area contributed by atoms with E-state index in [1.165, 1.54) is 57.0 Å². The molecule has 3 heterocycles. The largest absolute Gasteiger partial charge is 0.389 e. The third-order valence-corrected chi connectivity index (χ3v) is 25.9. The number of benzene rings is 8. The van der Waals surface area contributed by atoms with Gasteiger partial charge in [0.15, 0.2) is 11.5 Å². The second-order valence-electron chi connectivity index (χ2n) is 30.7. The molecule has 19 heteroatoms. The summed E-state index contributed by atoms with van der Waals surface area (Å²) in [6.45, 7) is 5.45. The van der Waals surface area contributed by atoms with Crippen molar-refractivity contribution >= 4 is 90.1 Å². The number of para-hydroxylation sites is 2. The lowest BCUT2D eigenvalue weighted by Gasteiger charge is -2.44. The maximum absolute atomic E-state index is 13.4. The van der Waals surface area contributed by atoms with Gasteiger partial charge in [-0.05, 0) is 204 Å². The molecule has 586 valence electrons. The number of likely N-dealkylation sites (tertiary alicyclic amines) is 3. The molecule has 8 aromatic carbocycles. The average molecular weight is 1610 g/mol. The Morgan fingerprint density at radius 2 is 0.818 bits per heavy atom. The van der Waals surface area contributed by atoms with Crippen molar-refractivity contribution in [2.75, 3.05) is 57.3 Å². The fourth-order valence-corrected chi connectivity index (χ4v) is 18.4. The molecule has 110 heavy (non-hydrogen) atoms. The highest BCUT2D eigenvalue weighted by molar-refractivity contribution is 7.94. The molecule has 0 spiro atoms. The maximum atomic E-state index is 13.4. The number of halogens is 4. The summed E-state index contributed by atoms with van der Waals surface area (Å²) in [5.41, 5.74) is 4.20. The van der Waals surface area contributed by atoms with Crippen LogP contribution in [0, 0.1) is 0 Å². The van der Waals surface area contributed by atoms with E-state index in [9.17, 15) is 24.9 Å². The monoisotopic (exact) mass is 1600 g/mol. The number of hydrogen-bond donors (Lipinski definition) is 3. The Morgan fingerprint density at radius 1 is 0.418 bits per heavy atom. The van der Waals surface area contributed by atoms with Gasteiger partial charge in [-0.25, -0.2) is 0 Å². The Bertz CT molecular complexity index is 3980. The minimum Gasteiger partial charge on any atom is -0.389 e. The van der Waals surface area contributed by atoms with E-state index < -0.39 is 16.8 Å². The zero-order valence-corrected chi connectivity index (χ0v) is 68.3. The summed E-state index contributed by atoms with van der Waals surface area (Å²) in [6.07, 6.45) is 27.4. The topological polar surface area (TPSA) is 141 Å². The number of piperidine rings is 3. The van der Waals surface area contributed by atoms with Crippen LogP contribution in [-0.4, -0.2) is 118 Å². The van der Waals surface area contributed by atoms with Gasteiger partial charge in [0.05, 0.1) is 56.2 Å². The van der Waals surface area contributed by atoms with Gasteiger partial charge in [-0.2, -0.15) is 0 Å². The highest BCUT2D eigenvalue weighted by atomic mass is 35.5. The zero-order chi connectivity index (χ0) is 77.3. The van der Waals surface area contributed by atoms with Gasteiger partial charge in [0, 0.05) is 85.3 Å². The summed E-state index contributed by atoms with van der Waals surface area (Å²) < 4.78 is 10.3. The van der Waals surface area contributed by atoms with Gasteiger partial charge < -0.3 is 39.8 Å². The van der Waals surface area contributed by atoms with Crippen molar-refractivity contribution in [3.8, 4) is 11.5 Å². The van der Waals surface area contributed by atoms with Gasteiger partial charge in [-0.1, -0.05) is 263 Å². The van der Waals surface area contributed by atoms with E-state index in [4.69, 9.17) is 72.7 Å². The Morgan fingerprint density at radius 3 is 1.26 bits per heavy atom. The van der Waals surface area contributed by atoms with E-state index in [0.29, 0.717) is 75.3 Å². The molecule has 12 nitrogen and oxygen atoms in total. The quantitative estimate of drug-likeness (QED) is 0.0185. The summed E-state index contributed by atoms with van der Waals surface area (Å²) in [6, 6.07) is 70.5. The molecule has 2 radical (unpaired) electrons. The maximum Gasteiger partial charge on any atom is 0.253 e. The molecule has 6 fully saturated rings. The molecule has 6 aliphatic rings. The van der Waals surface area contributed by atoms with Crippen molar-refractivity contribution in [3.63, 3.8) is 0 Å². The van der Waals surface area contributed by atoms with E-state index in [1.807, 2.05) is 192 Å². The Labute approximate surface area is 684 Å². The molecule has 0 bridgehead atoms. The predicted molar refractivity (Wildman–Crippen MR) is 454 cm³/mol. The van der Waals surface area contributed by atoms with Crippen molar-refractivity contribution in [2.24, 2.45) is 0 Å². The SMILES string of the molecule is O=C(c1ccccc1)N1CCC[C@](CCCN2CCC(O)(CSOOc3ccccc3)CC2)(c2ccc(Cl)c(Cl)c2)C1.OC1(CSOOc2ccccc2)CCCCC1.OC1(c2ccccc2)CCCCC1.[B]CCC[C@]1(c2ccc(Cl)c(Cl)c2)CCCN(C(=O)c2ccccc2)C1.c1ccc(C2CCCCC2)cc1. The number of carbonyl (C=O) groups excluding carboxylic acids is 2. The Balaban J connectivity index is 0.000000160. The van der Waals surface area contributed by atoms with E-state index in [-0.39, 0.29) is 22.6 Å². The summed E-state index contributed by atoms with van der Waals surface area (Å²) in [4.78, 5) is 43.2. The molecule has 2 atom stereocenters. The Hall–Kier alpha value is -6.02. The van der Waals surface area contributed by atoms with Gasteiger partial charge in [0.2, 0.25) is 0 Å². The number of rotatable bonds is 23. The van der Waals surface area contributed by atoms with Gasteiger partial charge in [0.25, 0.3) is 11.8 Å². The van der Waals surface area contributed by atoms with Crippen LogP contribution in [0.3, 0.4) is 0 Å². The van der Waals surface area contributed by atoms with E-state index in [0.717, 1.165) is 181 Å². The van der Waals surface area contributed by atoms with Crippen LogP contribution in [0.1, 0.15) is 209 Å². The van der Waals surface area contributed by atoms with Crippen molar-refractivity contribution in [1.29, 1.82) is 0 Å². The standard InChI is InChI=1S/C33H38Cl2N2O4S.C21H22BCl2NO.C13H18O3S.C12H16O.C12H16/c34-29-14-13-27(23-30(29)35)32(16-8-20-37(24-32)31(38)26-9-3-1-4-10-26)15-7-19-36-21-17-33(39,18-22-36)25-42-41-40-28-11-5-2-6-12-28;22-12-4-10-21(17-8-9-18(23)19(24)14-17)11-5-13-25(15-21)20(26)16-6-2-1-3-7-16;14-13(9-5-2-6-10-13)11-17-16-15-12-7-3-1-4-8-12;13-12(9-5-2-6-10-12)11-7-3-1-4-8-11;1-3-7-11(8-4-1)12-9-5-2-6-10-12/h1-6,9-14,23,39H,7-8,15-22,24-25H2;1-3,6-9,14H,4-5,10-13,15H2;1,3-4,7-8,14H,2,5-6,9-11H2;1,3-4,7-8,13H,2,5-6,9-10H2;1,3-4,7-8,12H,2,5-6,9-10H2/t32-;21-;;;/m00.../s1. The molecule has 14 rings (SSSR count). The smallest absolute Gasteiger partial charge is 0.253 e. The van der Waals surface area contributed by atoms with Crippen LogP contribution in [0.5, 0.6) is 11.5 Å². The molecule has 3 aliphatic heterocycles. The predicted octanol–water partition coefficient (Wildman–Crippen LogP) is 22.9. The fourth-order valence-electron chi connectivity index (χ4n) is 16.4. The lowest BCUT2D eigenvalue weighted by Crippen LogP contribution is -2.49. The van der Waals surface area contributed by atoms with Crippen LogP contribution in [0.2, 0.25) is 26.4 Å². The van der Waals surface area contributed by atoms with Gasteiger partial charge in [-0.15, -0.1) is 8.67 Å². The number of aliphatic hydroxyl groups is 3. The van der Waals surface area contributed by atoms with Crippen LogP contribution >= 0.6 is 70.5 Å². The zero-order valence-electron chi connectivity index (χ0n) is 63.6. The number of nitrogens with zero attached hydrogens (tertiary/aromatic N) is 3. The van der Waals surface area contributed by atoms with Gasteiger partial charge in [-0.3, -0.25) is 9.59 Å². The summed E-state index contributed by atoms with van der Waals surface area (Å²) >= 11 is 27.5. The molecule has 3 N–H and O–H groups in total. The van der Waals surface area contributed by atoms with Crippen LogP contribution in [0.25, 0.3) is 0 Å². The molecule has 3 saturated carbocycles. The lowest BCUT2D eigenvalue weighted by atomic mass is 9.70. The summed E-state index contributed by atoms with van der Waals surface area (Å²) in [7, 11) is 5.79. The lowest BCUT2D eigenvalue weighted by molar-refractivity contribution is -0.0806. The van der Waals surface area contributed by atoms with Crippen LogP contribution in [0.15, 0.2) is 218 Å². The van der Waals surface area contributed by atoms with E-state index >= 15 is 0 Å². The second kappa shape index (κ2) is 44.6. The first-order valence-electron chi connectivity index (χ1n) is 39.8.